The zero-order valence-electron chi connectivity index (χ0n) is 4.58. The van der Waals surface area contributed by atoms with Crippen LogP contribution in [0.15, 0.2) is 11.9 Å². The van der Waals surface area contributed by atoms with E-state index < -0.39 is 0 Å². The van der Waals surface area contributed by atoms with Crippen LogP contribution in [0.3, 0.4) is 0 Å². The SMILES string of the molecule is [CH2]/C=C(/F)CCC. The topological polar surface area (TPSA) is 0 Å². The zero-order chi connectivity index (χ0) is 5.70. The monoisotopic (exact) mass is 101 g/mol. The lowest BCUT2D eigenvalue weighted by molar-refractivity contribution is 0.584. The first-order chi connectivity index (χ1) is 3.31. The number of halogens is 1. The van der Waals surface area contributed by atoms with Crippen LogP contribution in [0.1, 0.15) is 19.8 Å². The molecule has 0 nitrogen and oxygen atoms in total. The number of hydrogen-bond donors (Lipinski definition) is 0. The van der Waals surface area contributed by atoms with E-state index in [1.165, 1.54) is 6.08 Å². The van der Waals surface area contributed by atoms with Gasteiger partial charge in [-0.3, -0.25) is 0 Å². The molecule has 0 spiro atoms. The molecule has 1 radical (unpaired) electrons. The molecule has 0 atom stereocenters. The van der Waals surface area contributed by atoms with E-state index in [4.69, 9.17) is 0 Å². The molecule has 0 saturated heterocycles. The molecule has 0 unspecified atom stereocenters. The van der Waals surface area contributed by atoms with Gasteiger partial charge in [-0.05, 0) is 19.8 Å². The molecule has 0 rings (SSSR count). The quantitative estimate of drug-likeness (QED) is 0.501. The highest BCUT2D eigenvalue weighted by Gasteiger charge is 1.85. The Morgan fingerprint density at radius 3 is 2.57 bits per heavy atom. The van der Waals surface area contributed by atoms with Gasteiger partial charge >= 0.3 is 0 Å². The van der Waals surface area contributed by atoms with Crippen molar-refractivity contribution in [3.63, 3.8) is 0 Å². The van der Waals surface area contributed by atoms with Gasteiger partial charge in [0.05, 0.1) is 5.83 Å². The fraction of sp³-hybridized carbons (Fsp3) is 0.500. The van der Waals surface area contributed by atoms with Crippen LogP contribution < -0.4 is 0 Å². The lowest BCUT2D eigenvalue weighted by atomic mass is 10.3. The Labute approximate surface area is 44.0 Å². The maximum Gasteiger partial charge on any atom is 0.0959 e. The van der Waals surface area contributed by atoms with Crippen molar-refractivity contribution in [3.8, 4) is 0 Å². The molecule has 1 heteroatoms. The molecule has 0 amide bonds. The van der Waals surface area contributed by atoms with Crippen LogP contribution in [0.2, 0.25) is 0 Å². The van der Waals surface area contributed by atoms with Crippen molar-refractivity contribution >= 4 is 0 Å². The average Bonchev–Trinajstić information content (AvgIpc) is 1.68. The van der Waals surface area contributed by atoms with E-state index in [0.717, 1.165) is 6.42 Å². The van der Waals surface area contributed by atoms with Crippen molar-refractivity contribution in [3.05, 3.63) is 18.8 Å². The van der Waals surface area contributed by atoms with E-state index in [2.05, 4.69) is 6.92 Å². The molecule has 41 valence electrons. The summed E-state index contributed by atoms with van der Waals surface area (Å²) in [5, 5.41) is 0. The lowest BCUT2D eigenvalue weighted by Crippen LogP contribution is -1.68. The van der Waals surface area contributed by atoms with E-state index >= 15 is 0 Å². The third-order valence-electron chi connectivity index (χ3n) is 0.710. The van der Waals surface area contributed by atoms with E-state index in [9.17, 15) is 4.39 Å². The molecule has 0 N–H and O–H groups in total. The molecule has 0 saturated carbocycles. The van der Waals surface area contributed by atoms with Gasteiger partial charge < -0.3 is 0 Å². The zero-order valence-corrected chi connectivity index (χ0v) is 4.58. The Hall–Kier alpha value is -0.330. The molecule has 0 bridgehead atoms. The number of allylic oxidation sites excluding steroid dienone is 2. The second-order valence-electron chi connectivity index (χ2n) is 1.40. The lowest BCUT2D eigenvalue weighted by Gasteiger charge is -1.86. The standard InChI is InChI=1S/C6H10F/c1-3-5-6(7)4-2/h4H,2-3,5H2,1H3/b6-4+. The molecule has 0 aliphatic rings. The van der Waals surface area contributed by atoms with Gasteiger partial charge in [0.1, 0.15) is 0 Å². The summed E-state index contributed by atoms with van der Waals surface area (Å²) in [6, 6.07) is 0. The molecule has 0 heterocycles. The molecule has 0 aliphatic heterocycles. The third-order valence-corrected chi connectivity index (χ3v) is 0.710. The maximum atomic E-state index is 11.9. The largest absolute Gasteiger partial charge is 0.212 e. The Kier molecular flexibility index (Phi) is 3.67. The molecule has 0 aromatic heterocycles. The van der Waals surface area contributed by atoms with Crippen molar-refractivity contribution < 1.29 is 4.39 Å². The molecule has 0 aliphatic carbocycles. The van der Waals surface area contributed by atoms with E-state index in [-0.39, 0.29) is 5.83 Å². The van der Waals surface area contributed by atoms with Crippen LogP contribution in [-0.4, -0.2) is 0 Å². The molecule has 0 aromatic rings. The molecular formula is C6H10F. The molecule has 0 aromatic carbocycles. The predicted octanol–water partition coefficient (Wildman–Crippen LogP) is 2.47. The minimum absolute atomic E-state index is 0.109. The highest BCUT2D eigenvalue weighted by molar-refractivity contribution is 4.92. The fourth-order valence-electron chi connectivity index (χ4n) is 0.341. The Balaban J connectivity index is 3.17. The normalized spacial score (nSPS) is 12.1. The van der Waals surface area contributed by atoms with Crippen LogP contribution in [0.4, 0.5) is 4.39 Å². The van der Waals surface area contributed by atoms with E-state index in [1.807, 2.05) is 6.92 Å². The Bertz CT molecular complexity index is 64.6. The van der Waals surface area contributed by atoms with Gasteiger partial charge in [-0.1, -0.05) is 13.0 Å². The summed E-state index contributed by atoms with van der Waals surface area (Å²) in [5.41, 5.74) is 0. The highest BCUT2D eigenvalue weighted by Crippen LogP contribution is 2.03. The van der Waals surface area contributed by atoms with Crippen LogP contribution >= 0.6 is 0 Å². The Morgan fingerprint density at radius 2 is 2.43 bits per heavy atom. The smallest absolute Gasteiger partial charge is 0.0959 e. The summed E-state index contributed by atoms with van der Waals surface area (Å²) in [7, 11) is 0. The van der Waals surface area contributed by atoms with Gasteiger partial charge in [-0.15, -0.1) is 0 Å². The Morgan fingerprint density at radius 1 is 1.86 bits per heavy atom. The summed E-state index contributed by atoms with van der Waals surface area (Å²) in [5.74, 6) is -0.109. The molecule has 7 heavy (non-hydrogen) atoms. The minimum atomic E-state index is -0.109. The van der Waals surface area contributed by atoms with Crippen LogP contribution in [0.25, 0.3) is 0 Å². The van der Waals surface area contributed by atoms with Gasteiger partial charge in [0.25, 0.3) is 0 Å². The minimum Gasteiger partial charge on any atom is -0.212 e. The van der Waals surface area contributed by atoms with Gasteiger partial charge in [0.15, 0.2) is 0 Å². The van der Waals surface area contributed by atoms with Crippen molar-refractivity contribution in [1.29, 1.82) is 0 Å². The van der Waals surface area contributed by atoms with E-state index in [1.54, 1.807) is 0 Å². The van der Waals surface area contributed by atoms with Gasteiger partial charge in [0, 0.05) is 0 Å². The first-order valence-electron chi connectivity index (χ1n) is 2.45. The number of rotatable bonds is 2. The first-order valence-corrected chi connectivity index (χ1v) is 2.45. The van der Waals surface area contributed by atoms with Gasteiger partial charge in [-0.25, -0.2) is 4.39 Å². The second kappa shape index (κ2) is 3.85. The maximum absolute atomic E-state index is 11.9. The summed E-state index contributed by atoms with van der Waals surface area (Å²) in [6.07, 6.45) is 2.64. The van der Waals surface area contributed by atoms with Crippen LogP contribution in [-0.2, 0) is 0 Å². The van der Waals surface area contributed by atoms with Crippen molar-refractivity contribution in [2.75, 3.05) is 0 Å². The van der Waals surface area contributed by atoms with Gasteiger partial charge in [-0.2, -0.15) is 0 Å². The fourth-order valence-corrected chi connectivity index (χ4v) is 0.341. The van der Waals surface area contributed by atoms with Crippen LogP contribution in [0.5, 0.6) is 0 Å². The average molecular weight is 101 g/mol. The highest BCUT2D eigenvalue weighted by atomic mass is 19.1. The molecular weight excluding hydrogens is 91.1 g/mol. The summed E-state index contributed by atoms with van der Waals surface area (Å²) in [4.78, 5) is 0. The second-order valence-corrected chi connectivity index (χ2v) is 1.40. The van der Waals surface area contributed by atoms with Crippen LogP contribution in [0, 0.1) is 6.92 Å². The summed E-state index contributed by atoms with van der Waals surface area (Å²) in [6.45, 7) is 5.20. The number of hydrogen-bond acceptors (Lipinski definition) is 0. The van der Waals surface area contributed by atoms with Crippen molar-refractivity contribution in [2.24, 2.45) is 0 Å². The van der Waals surface area contributed by atoms with Crippen molar-refractivity contribution in [2.45, 2.75) is 19.8 Å². The van der Waals surface area contributed by atoms with E-state index in [0.29, 0.717) is 6.42 Å². The first kappa shape index (κ1) is 6.67. The summed E-state index contributed by atoms with van der Waals surface area (Å²) >= 11 is 0. The molecule has 0 fully saturated rings. The summed E-state index contributed by atoms with van der Waals surface area (Å²) < 4.78 is 11.9. The van der Waals surface area contributed by atoms with Crippen molar-refractivity contribution in [1.82, 2.24) is 0 Å². The predicted molar refractivity (Wildman–Crippen MR) is 29.5 cm³/mol. The third kappa shape index (κ3) is 3.50. The van der Waals surface area contributed by atoms with Gasteiger partial charge in [0.2, 0.25) is 0 Å².